The lowest BCUT2D eigenvalue weighted by Gasteiger charge is -2.12. The Balaban J connectivity index is 1.53. The molecule has 0 spiro atoms. The Hall–Kier alpha value is -4.00. The van der Waals surface area contributed by atoms with Gasteiger partial charge < -0.3 is 15.0 Å². The van der Waals surface area contributed by atoms with Gasteiger partial charge in [-0.25, -0.2) is 8.78 Å². The van der Waals surface area contributed by atoms with Crippen LogP contribution in [0.5, 0.6) is 11.5 Å². The van der Waals surface area contributed by atoms with Gasteiger partial charge in [-0.15, -0.1) is 0 Å². The molecule has 0 amide bonds. The lowest BCUT2D eigenvalue weighted by atomic mass is 10.2. The number of halogens is 2. The standard InChI is InChI=1S/C23H17F2N3O2/c1-14-2-4-19(24)23(8-14)28-21-5-3-17(10-20(21)25)30-18-6-7-26-22(11-18)15-9-16(13-29)27-12-15/h2-13,27-28H,1H3. The van der Waals surface area contributed by atoms with Crippen LogP contribution >= 0.6 is 0 Å². The van der Waals surface area contributed by atoms with Crippen LogP contribution in [0.25, 0.3) is 11.3 Å². The molecule has 2 aromatic carbocycles. The summed E-state index contributed by atoms with van der Waals surface area (Å²) in [6.07, 6.45) is 3.94. The summed E-state index contributed by atoms with van der Waals surface area (Å²) in [6.45, 7) is 1.83. The molecule has 5 nitrogen and oxygen atoms in total. The van der Waals surface area contributed by atoms with Crippen molar-refractivity contribution in [3.8, 4) is 22.8 Å². The molecule has 0 unspecified atom stereocenters. The number of H-pyrrole nitrogens is 1. The molecule has 0 aliphatic carbocycles. The first-order valence-electron chi connectivity index (χ1n) is 9.12. The summed E-state index contributed by atoms with van der Waals surface area (Å²) >= 11 is 0. The first-order valence-corrected chi connectivity index (χ1v) is 9.12. The second-order valence-electron chi connectivity index (χ2n) is 6.69. The first-order chi connectivity index (χ1) is 14.5. The highest BCUT2D eigenvalue weighted by Gasteiger charge is 2.10. The SMILES string of the molecule is Cc1ccc(F)c(Nc2ccc(Oc3ccnc(-c4c[nH]c(C=O)c4)c3)cc2F)c1. The Morgan fingerprint density at radius 3 is 2.57 bits per heavy atom. The molecule has 0 aliphatic heterocycles. The van der Waals surface area contributed by atoms with Crippen molar-refractivity contribution in [3.63, 3.8) is 0 Å². The van der Waals surface area contributed by atoms with Gasteiger partial charge >= 0.3 is 0 Å². The number of rotatable bonds is 6. The molecule has 0 atom stereocenters. The molecule has 0 saturated heterocycles. The molecule has 0 fully saturated rings. The van der Waals surface area contributed by atoms with E-state index in [2.05, 4.69) is 15.3 Å². The maximum atomic E-state index is 14.5. The third-order valence-electron chi connectivity index (χ3n) is 4.43. The Morgan fingerprint density at radius 1 is 0.967 bits per heavy atom. The van der Waals surface area contributed by atoms with Crippen LogP contribution in [0.4, 0.5) is 20.2 Å². The Morgan fingerprint density at radius 2 is 1.80 bits per heavy atom. The normalized spacial score (nSPS) is 10.6. The highest BCUT2D eigenvalue weighted by molar-refractivity contribution is 5.76. The van der Waals surface area contributed by atoms with Gasteiger partial charge in [-0.3, -0.25) is 9.78 Å². The van der Waals surface area contributed by atoms with Crippen LogP contribution in [0.3, 0.4) is 0 Å². The summed E-state index contributed by atoms with van der Waals surface area (Å²) in [5, 5.41) is 2.76. The van der Waals surface area contributed by atoms with Gasteiger partial charge in [0.2, 0.25) is 0 Å². The van der Waals surface area contributed by atoms with E-state index in [9.17, 15) is 13.6 Å². The molecular weight excluding hydrogens is 388 g/mol. The van der Waals surface area contributed by atoms with Crippen LogP contribution < -0.4 is 10.1 Å². The molecule has 0 saturated carbocycles. The molecule has 0 radical (unpaired) electrons. The van der Waals surface area contributed by atoms with Crippen molar-refractivity contribution >= 4 is 17.7 Å². The smallest absolute Gasteiger partial charge is 0.166 e. The lowest BCUT2D eigenvalue weighted by Crippen LogP contribution is -1.97. The molecular formula is C23H17F2N3O2. The number of anilines is 2. The number of carbonyl (C=O) groups excluding carboxylic acids is 1. The molecule has 2 aromatic heterocycles. The van der Waals surface area contributed by atoms with E-state index in [0.29, 0.717) is 23.4 Å². The van der Waals surface area contributed by atoms with Gasteiger partial charge in [-0.05, 0) is 48.9 Å². The third kappa shape index (κ3) is 4.20. The number of hydrogen-bond acceptors (Lipinski definition) is 4. The molecule has 4 aromatic rings. The zero-order chi connectivity index (χ0) is 21.1. The van der Waals surface area contributed by atoms with E-state index >= 15 is 0 Å². The molecule has 0 bridgehead atoms. The average molecular weight is 405 g/mol. The van der Waals surface area contributed by atoms with Gasteiger partial charge in [-0.2, -0.15) is 0 Å². The van der Waals surface area contributed by atoms with Crippen molar-refractivity contribution < 1.29 is 18.3 Å². The molecule has 150 valence electrons. The fraction of sp³-hybridized carbons (Fsp3) is 0.0435. The lowest BCUT2D eigenvalue weighted by molar-refractivity contribution is 0.111. The zero-order valence-electron chi connectivity index (χ0n) is 15.9. The van der Waals surface area contributed by atoms with Crippen LogP contribution in [0.1, 0.15) is 16.1 Å². The summed E-state index contributed by atoms with van der Waals surface area (Å²) in [5.41, 5.74) is 2.96. The van der Waals surface area contributed by atoms with E-state index < -0.39 is 11.6 Å². The summed E-state index contributed by atoms with van der Waals surface area (Å²) in [5.74, 6) is -0.308. The largest absolute Gasteiger partial charge is 0.457 e. The topological polar surface area (TPSA) is 67.0 Å². The number of aldehydes is 1. The number of ether oxygens (including phenoxy) is 1. The molecule has 4 rings (SSSR count). The highest BCUT2D eigenvalue weighted by Crippen LogP contribution is 2.30. The second kappa shape index (κ2) is 8.16. The van der Waals surface area contributed by atoms with Crippen molar-refractivity contribution in [2.45, 2.75) is 6.92 Å². The summed E-state index contributed by atoms with van der Waals surface area (Å²) in [7, 11) is 0. The van der Waals surface area contributed by atoms with Crippen LogP contribution in [0, 0.1) is 18.6 Å². The number of pyridine rings is 1. The first kappa shape index (κ1) is 19.3. The quantitative estimate of drug-likeness (QED) is 0.386. The highest BCUT2D eigenvalue weighted by atomic mass is 19.1. The number of aromatic nitrogens is 2. The summed E-state index contributed by atoms with van der Waals surface area (Å²) in [4.78, 5) is 17.9. The fourth-order valence-corrected chi connectivity index (χ4v) is 2.94. The van der Waals surface area contributed by atoms with Crippen LogP contribution in [0.2, 0.25) is 0 Å². The average Bonchev–Trinajstić information content (AvgIpc) is 3.22. The van der Waals surface area contributed by atoms with E-state index in [1.54, 1.807) is 48.8 Å². The van der Waals surface area contributed by atoms with Crippen molar-refractivity contribution in [1.82, 2.24) is 9.97 Å². The number of nitrogens with one attached hydrogen (secondary N) is 2. The molecule has 2 N–H and O–H groups in total. The van der Waals surface area contributed by atoms with Crippen molar-refractivity contribution in [2.75, 3.05) is 5.32 Å². The molecule has 2 heterocycles. The van der Waals surface area contributed by atoms with Crippen molar-refractivity contribution in [1.29, 1.82) is 0 Å². The number of aryl methyl sites for hydroxylation is 1. The monoisotopic (exact) mass is 405 g/mol. The maximum absolute atomic E-state index is 14.5. The summed E-state index contributed by atoms with van der Waals surface area (Å²) < 4.78 is 34.2. The van der Waals surface area contributed by atoms with Gasteiger partial charge in [0.05, 0.1) is 22.8 Å². The van der Waals surface area contributed by atoms with Gasteiger partial charge in [-0.1, -0.05) is 6.07 Å². The van der Waals surface area contributed by atoms with E-state index in [1.165, 1.54) is 18.2 Å². The van der Waals surface area contributed by atoms with E-state index in [-0.39, 0.29) is 17.1 Å². The molecule has 0 aliphatic rings. The number of aromatic amines is 1. The second-order valence-corrected chi connectivity index (χ2v) is 6.69. The predicted octanol–water partition coefficient (Wildman–Crippen LogP) is 6.01. The van der Waals surface area contributed by atoms with Gasteiger partial charge in [0.25, 0.3) is 0 Å². The third-order valence-corrected chi connectivity index (χ3v) is 4.43. The van der Waals surface area contributed by atoms with E-state index in [0.717, 1.165) is 11.1 Å². The van der Waals surface area contributed by atoms with Gasteiger partial charge in [0.15, 0.2) is 6.29 Å². The van der Waals surface area contributed by atoms with Gasteiger partial charge in [0.1, 0.15) is 23.1 Å². The minimum atomic E-state index is -0.580. The summed E-state index contributed by atoms with van der Waals surface area (Å²) in [6, 6.07) is 13.9. The van der Waals surface area contributed by atoms with E-state index in [1.807, 2.05) is 6.92 Å². The Labute approximate surface area is 171 Å². The Kier molecular flexibility index (Phi) is 5.26. The fourth-order valence-electron chi connectivity index (χ4n) is 2.94. The van der Waals surface area contributed by atoms with Crippen molar-refractivity contribution in [3.05, 3.63) is 89.9 Å². The van der Waals surface area contributed by atoms with Gasteiger partial charge in [0, 0.05) is 30.1 Å². The van der Waals surface area contributed by atoms with Crippen LogP contribution in [-0.4, -0.2) is 16.3 Å². The Bertz CT molecular complexity index is 1220. The maximum Gasteiger partial charge on any atom is 0.166 e. The number of hydrogen-bond donors (Lipinski definition) is 2. The van der Waals surface area contributed by atoms with Crippen LogP contribution in [-0.2, 0) is 0 Å². The minimum absolute atomic E-state index is 0.135. The van der Waals surface area contributed by atoms with E-state index in [4.69, 9.17) is 4.74 Å². The number of nitrogens with zero attached hydrogens (tertiary/aromatic N) is 1. The predicted molar refractivity (Wildman–Crippen MR) is 110 cm³/mol. The molecule has 30 heavy (non-hydrogen) atoms. The minimum Gasteiger partial charge on any atom is -0.457 e. The number of carbonyl (C=O) groups is 1. The molecule has 7 heteroatoms. The van der Waals surface area contributed by atoms with Crippen LogP contribution in [0.15, 0.2) is 67.0 Å². The zero-order valence-corrected chi connectivity index (χ0v) is 15.9. The number of benzene rings is 2. The van der Waals surface area contributed by atoms with Crippen molar-refractivity contribution in [2.24, 2.45) is 0 Å².